The molecule has 0 spiro atoms. The number of unbranched alkanes of at least 4 members (excludes halogenated alkanes) is 2. The number of para-hydroxylation sites is 1. The Kier molecular flexibility index (Phi) is 33.7. The van der Waals surface area contributed by atoms with E-state index in [1.165, 1.54) is 25.0 Å². The highest BCUT2D eigenvalue weighted by Crippen LogP contribution is 2.26. The van der Waals surface area contributed by atoms with Gasteiger partial charge in [-0.05, 0) is 119 Å². The van der Waals surface area contributed by atoms with Crippen LogP contribution in [0.3, 0.4) is 0 Å². The van der Waals surface area contributed by atoms with Gasteiger partial charge in [0.15, 0.2) is 16.0 Å². The summed E-state index contributed by atoms with van der Waals surface area (Å²) in [4.78, 5) is 146. The van der Waals surface area contributed by atoms with Crippen LogP contribution in [0, 0.1) is 35.5 Å². The minimum Gasteiger partial charge on any atom is -0.370 e. The number of nitrogens with two attached hydrogens (primary N) is 2. The summed E-state index contributed by atoms with van der Waals surface area (Å²) in [5.41, 5.74) is 19.8. The molecule has 0 aliphatic rings. The van der Waals surface area contributed by atoms with Gasteiger partial charge >= 0.3 is 0 Å². The maximum atomic E-state index is 14.4. The Bertz CT molecular complexity index is 2930. The van der Waals surface area contributed by atoms with E-state index in [9.17, 15) is 47.9 Å². The second kappa shape index (κ2) is 39.6. The van der Waals surface area contributed by atoms with Crippen LogP contribution in [0.25, 0.3) is 10.9 Å². The highest BCUT2D eigenvalue weighted by molar-refractivity contribution is 7.98. The maximum Gasteiger partial charge on any atom is 0.243 e. The second-order valence-electron chi connectivity index (χ2n) is 23.0. The summed E-state index contributed by atoms with van der Waals surface area (Å²) in [6.45, 7) is 12.9. The van der Waals surface area contributed by atoms with Gasteiger partial charge in [0.25, 0.3) is 0 Å². The number of aromatic nitrogens is 3. The zero-order valence-corrected chi connectivity index (χ0v) is 54.7. The molecular formula is C61H92N14O10S3. The molecule has 24 nitrogen and oxygen atoms in total. The first-order valence-corrected chi connectivity index (χ1v) is 32.2. The number of ketones is 5. The predicted octanol–water partition coefficient (Wildman–Crippen LogP) is 4.88. The molecule has 7 unspecified atom stereocenters. The van der Waals surface area contributed by atoms with Crippen molar-refractivity contribution in [2.24, 2.45) is 57.2 Å². The van der Waals surface area contributed by atoms with Crippen molar-refractivity contribution < 1.29 is 47.9 Å². The van der Waals surface area contributed by atoms with E-state index in [4.69, 9.17) is 35.9 Å². The van der Waals surface area contributed by atoms with Gasteiger partial charge in [-0.2, -0.15) is 22.0 Å². The molecule has 88 heavy (non-hydrogen) atoms. The number of Topliss-reactive ketones (excluding diaryl/α,β-unsaturated/α-hetero) is 5. The molecule has 0 saturated heterocycles. The first-order chi connectivity index (χ1) is 41.7. The maximum absolute atomic E-state index is 14.4. The van der Waals surface area contributed by atoms with E-state index >= 15 is 0 Å². The van der Waals surface area contributed by atoms with Gasteiger partial charge in [0.05, 0.1) is 23.8 Å². The number of aromatic amines is 2. The Labute approximate surface area is 531 Å². The van der Waals surface area contributed by atoms with Crippen LogP contribution < -0.4 is 48.9 Å². The predicted molar refractivity (Wildman–Crippen MR) is 351 cm³/mol. The average molecular weight is 1280 g/mol. The minimum atomic E-state index is -1.26. The fourth-order valence-electron chi connectivity index (χ4n) is 9.76. The zero-order valence-electron chi connectivity index (χ0n) is 52.3. The van der Waals surface area contributed by atoms with E-state index in [-0.39, 0.29) is 106 Å². The summed E-state index contributed by atoms with van der Waals surface area (Å²) in [7, 11) is 1.67. The van der Waals surface area contributed by atoms with E-state index in [0.717, 1.165) is 10.9 Å². The number of carbonyl (C=O) groups excluding carboxylic acids is 10. The molecule has 0 radical (unpaired) electrons. The quantitative estimate of drug-likeness (QED) is 0.0156. The molecule has 13 N–H and O–H groups in total. The van der Waals surface area contributed by atoms with E-state index < -0.39 is 77.1 Å². The molecule has 0 aliphatic heterocycles. The number of carbonyl (C=O) groups is 10. The normalized spacial score (nSPS) is 14.1. The Balaban J connectivity index is 1.68. The van der Waals surface area contributed by atoms with Crippen molar-refractivity contribution in [2.45, 2.75) is 169 Å². The number of hydrogen-bond donors (Lipinski definition) is 11. The Morgan fingerprint density at radius 2 is 1.32 bits per heavy atom. The number of amides is 5. The van der Waals surface area contributed by atoms with E-state index in [1.54, 1.807) is 47.1 Å². The number of imidazole rings is 1. The molecule has 484 valence electrons. The SMILES string of the molecule is CNC(=S)N/N=C(C)/C(C)=N/NC(=S)NCCCCCC(=O)CC(CCC(N)=O)C(=O)NC(Cc1c[nH]c2ccccc12)C(=O)NC(C)C(=O)CC(C(=O)CCC(=O)CC(Cc1cnc[nH]1)C(=O)CC(CC(C)C)C(=O)NC(CCSC)C(N)=O)C(C)C. The number of benzene rings is 1. The van der Waals surface area contributed by atoms with Crippen molar-refractivity contribution in [1.29, 1.82) is 0 Å². The van der Waals surface area contributed by atoms with Gasteiger partial charge in [-0.15, -0.1) is 0 Å². The number of nitrogens with one attached hydrogen (secondary N) is 9. The van der Waals surface area contributed by atoms with Gasteiger partial charge in [-0.1, -0.05) is 52.3 Å². The fraction of sp³-hybridized carbons (Fsp3) is 0.590. The smallest absolute Gasteiger partial charge is 0.243 e. The van der Waals surface area contributed by atoms with Crippen molar-refractivity contribution in [2.75, 3.05) is 25.6 Å². The summed E-state index contributed by atoms with van der Waals surface area (Å²) in [5, 5.41) is 23.9. The van der Waals surface area contributed by atoms with Gasteiger partial charge < -0.3 is 48.0 Å². The van der Waals surface area contributed by atoms with Crippen molar-refractivity contribution >= 4 is 127 Å². The Morgan fingerprint density at radius 3 is 1.94 bits per heavy atom. The van der Waals surface area contributed by atoms with Crippen LogP contribution >= 0.6 is 36.2 Å². The molecule has 0 fully saturated rings. The average Bonchev–Trinajstić information content (AvgIpc) is 3.60. The number of thioether (sulfide) groups is 1. The summed E-state index contributed by atoms with van der Waals surface area (Å²) in [5.74, 6) is -8.16. The number of hydrazone groups is 2. The van der Waals surface area contributed by atoms with Gasteiger partial charge in [0.2, 0.25) is 29.5 Å². The summed E-state index contributed by atoms with van der Waals surface area (Å²) in [6, 6.07) is 4.09. The number of rotatable bonds is 43. The number of primary amides is 2. The molecule has 27 heteroatoms. The van der Waals surface area contributed by atoms with Crippen LogP contribution in [-0.4, -0.2) is 139 Å². The Hall–Kier alpha value is -7.26. The van der Waals surface area contributed by atoms with Gasteiger partial charge in [0, 0.05) is 124 Å². The van der Waals surface area contributed by atoms with Crippen LogP contribution in [0.5, 0.6) is 0 Å². The van der Waals surface area contributed by atoms with Crippen molar-refractivity contribution in [3.63, 3.8) is 0 Å². The molecule has 1 aromatic carbocycles. The molecular weight excluding hydrogens is 1180 g/mol. The van der Waals surface area contributed by atoms with E-state index in [0.29, 0.717) is 77.3 Å². The molecule has 3 rings (SSSR count). The molecule has 2 heterocycles. The number of fused-ring (bicyclic) bond motifs is 1. The standard InChI is InChI=1S/C61H92N14O10S3/c1-35(2)25-42(58(84)70-50(56(63)82)22-24-88-9)30-54(80)41(26-44-33-65-34-68-44)28-46(77)19-20-52(78)48(36(3)4)31-53(79)39(7)69-59(85)51(29-43-32-67-49-17-13-12-16-47(43)49)71-57(83)40(18-21-55(62)81)27-45(76)15-11-10-14-23-66-61(87)75-73-38(6)37(5)72-74-60(86)64-8/h12-13,16-17,32-36,39-42,48,50-51,67H,10-11,14-15,18-31H2,1-9H3,(H2,62,81)(H2,63,82)(H,65,68)(H,69,85)(H,70,84)(H,71,83)(H2,64,74,86)(H2,66,75,87)/b72-37+,73-38+. The molecule has 3 aromatic rings. The van der Waals surface area contributed by atoms with Gasteiger partial charge in [0.1, 0.15) is 35.2 Å². The van der Waals surface area contributed by atoms with Crippen LogP contribution in [-0.2, 0) is 60.8 Å². The van der Waals surface area contributed by atoms with Crippen LogP contribution in [0.1, 0.15) is 150 Å². The van der Waals surface area contributed by atoms with Crippen LogP contribution in [0.2, 0.25) is 0 Å². The van der Waals surface area contributed by atoms with E-state index in [2.05, 4.69) is 62.6 Å². The fourth-order valence-corrected chi connectivity index (χ4v) is 10.4. The summed E-state index contributed by atoms with van der Waals surface area (Å²) in [6.07, 6.45) is 7.80. The molecule has 0 saturated carbocycles. The lowest BCUT2D eigenvalue weighted by Crippen LogP contribution is -2.53. The zero-order chi connectivity index (χ0) is 65.5. The Morgan fingerprint density at radius 1 is 0.670 bits per heavy atom. The molecule has 2 aromatic heterocycles. The molecule has 0 bridgehead atoms. The third-order valence-electron chi connectivity index (χ3n) is 15.1. The highest BCUT2D eigenvalue weighted by Gasteiger charge is 2.34. The lowest BCUT2D eigenvalue weighted by atomic mass is 9.82. The molecule has 5 amide bonds. The summed E-state index contributed by atoms with van der Waals surface area (Å²) >= 11 is 11.9. The number of hydrogen-bond acceptors (Lipinski definition) is 16. The topological polar surface area (TPSA) is 376 Å². The van der Waals surface area contributed by atoms with Crippen molar-refractivity contribution in [3.05, 3.63) is 54.2 Å². The lowest BCUT2D eigenvalue weighted by Gasteiger charge is -2.25. The summed E-state index contributed by atoms with van der Waals surface area (Å²) < 4.78 is 0. The van der Waals surface area contributed by atoms with Crippen molar-refractivity contribution in [1.82, 2.24) is 52.4 Å². The number of nitrogens with zero attached hydrogens (tertiary/aromatic N) is 3. The monoisotopic (exact) mass is 1280 g/mol. The van der Waals surface area contributed by atoms with Gasteiger partial charge in [-0.25, -0.2) is 4.98 Å². The number of thiocarbonyl (C=S) groups is 2. The molecule has 0 aliphatic carbocycles. The third kappa shape index (κ3) is 27.8. The van der Waals surface area contributed by atoms with Crippen molar-refractivity contribution in [3.8, 4) is 0 Å². The highest BCUT2D eigenvalue weighted by atomic mass is 32.2. The third-order valence-corrected chi connectivity index (χ3v) is 16.2. The first kappa shape index (κ1) is 75.0. The largest absolute Gasteiger partial charge is 0.370 e. The van der Waals surface area contributed by atoms with E-state index in [1.807, 2.05) is 44.4 Å². The lowest BCUT2D eigenvalue weighted by molar-refractivity contribution is -0.135. The minimum absolute atomic E-state index is 0.0183. The second-order valence-corrected chi connectivity index (χ2v) is 24.8. The van der Waals surface area contributed by atoms with Crippen LogP contribution in [0.4, 0.5) is 0 Å². The number of H-pyrrole nitrogens is 2. The first-order valence-electron chi connectivity index (χ1n) is 29.9. The molecule has 7 atom stereocenters. The van der Waals surface area contributed by atoms with Crippen LogP contribution in [0.15, 0.2) is 53.2 Å². The van der Waals surface area contributed by atoms with Gasteiger partial charge in [-0.3, -0.25) is 58.8 Å².